The van der Waals surface area contributed by atoms with E-state index < -0.39 is 66.2 Å². The quantitative estimate of drug-likeness (QED) is 0.238. The standard InChI is InChI=1S/C27H42O11/c1-25-7-5-13(28)9-12(25)3-4-14-15-6-8-27(36,26(15,2)10-16(29)18(14)25)17(30)11-37-24-21(33)19(31)20(32)22(38-24)23(34)35/h12-16,18-22,24,28-29,31-33,36H,3-11H2,1-2H3,(H,34,35)/t12-,13-,14+,15+,16-,18-,19+,20+,21+,22+,24-,25-,26-,27+/m0/s1. The van der Waals surface area contributed by atoms with Gasteiger partial charge in [0.2, 0.25) is 0 Å². The SMILES string of the molecule is C[C@]12CC[C@H](O)C[C@@H]1CC[C@H]1[C@H]2[C@@H](O)C[C@@]2(C)[C@@H]1CC[C@@]2(O)C(=O)CO[C@H]1O[C@@H](C(=O)O)[C@H](O)[C@@H](O)[C@H]1O. The van der Waals surface area contributed by atoms with Gasteiger partial charge in [-0.25, -0.2) is 4.79 Å². The van der Waals surface area contributed by atoms with Crippen molar-refractivity contribution in [2.24, 2.45) is 34.5 Å². The Kier molecular flexibility index (Phi) is 7.26. The first kappa shape index (κ1) is 28.4. The third-order valence-corrected chi connectivity index (χ3v) is 11.4. The molecule has 0 spiro atoms. The van der Waals surface area contributed by atoms with Crippen LogP contribution in [-0.4, -0.2) is 103 Å². The van der Waals surface area contributed by atoms with Crippen LogP contribution >= 0.6 is 0 Å². The molecule has 0 aromatic heterocycles. The van der Waals surface area contributed by atoms with E-state index in [1.165, 1.54) is 0 Å². The van der Waals surface area contributed by atoms with E-state index in [-0.39, 0.29) is 42.1 Å². The summed E-state index contributed by atoms with van der Waals surface area (Å²) in [6.07, 6.45) is -4.90. The molecule has 0 aromatic carbocycles. The fourth-order valence-corrected chi connectivity index (χ4v) is 9.29. The number of aliphatic hydroxyl groups is 6. The highest BCUT2D eigenvalue weighted by molar-refractivity contribution is 5.89. The molecule has 1 aliphatic heterocycles. The Bertz CT molecular complexity index is 944. The molecule has 0 aromatic rings. The highest BCUT2D eigenvalue weighted by Gasteiger charge is 2.68. The summed E-state index contributed by atoms with van der Waals surface area (Å²) in [6, 6.07) is 0. The van der Waals surface area contributed by atoms with Gasteiger partial charge in [-0.3, -0.25) is 4.79 Å². The van der Waals surface area contributed by atoms with Gasteiger partial charge in [0.05, 0.1) is 12.2 Å². The van der Waals surface area contributed by atoms with Crippen molar-refractivity contribution in [1.82, 2.24) is 0 Å². The van der Waals surface area contributed by atoms with Crippen LogP contribution in [0.2, 0.25) is 0 Å². The van der Waals surface area contributed by atoms with Crippen molar-refractivity contribution < 1.29 is 54.8 Å². The minimum atomic E-state index is -1.88. The molecule has 0 amide bonds. The molecule has 5 aliphatic rings. The number of hydrogen-bond acceptors (Lipinski definition) is 10. The van der Waals surface area contributed by atoms with Gasteiger partial charge in [-0.05, 0) is 80.5 Å². The number of carbonyl (C=O) groups excluding carboxylic acids is 1. The van der Waals surface area contributed by atoms with E-state index in [2.05, 4.69) is 6.92 Å². The predicted octanol–water partition coefficient (Wildman–Crippen LogP) is -0.430. The summed E-state index contributed by atoms with van der Waals surface area (Å²) in [4.78, 5) is 24.8. The minimum Gasteiger partial charge on any atom is -0.479 e. The van der Waals surface area contributed by atoms with Gasteiger partial charge in [0.15, 0.2) is 18.2 Å². The molecule has 5 fully saturated rings. The van der Waals surface area contributed by atoms with Crippen LogP contribution in [0, 0.1) is 34.5 Å². The second-order valence-electron chi connectivity index (χ2n) is 13.1. The molecule has 4 saturated carbocycles. The maximum absolute atomic E-state index is 13.5. The molecule has 11 heteroatoms. The van der Waals surface area contributed by atoms with E-state index in [4.69, 9.17) is 9.47 Å². The number of aliphatic hydroxyl groups excluding tert-OH is 5. The van der Waals surface area contributed by atoms with Crippen LogP contribution in [0.1, 0.15) is 65.2 Å². The summed E-state index contributed by atoms with van der Waals surface area (Å²) in [5, 5.41) is 72.9. The molecule has 1 heterocycles. The number of Topliss-reactive ketones (excluding diaryl/α,β-unsaturated/α-hetero) is 1. The van der Waals surface area contributed by atoms with E-state index in [0.717, 1.165) is 25.7 Å². The largest absolute Gasteiger partial charge is 0.479 e. The Morgan fingerprint density at radius 2 is 1.66 bits per heavy atom. The first-order valence-electron chi connectivity index (χ1n) is 13.9. The van der Waals surface area contributed by atoms with Gasteiger partial charge in [0.1, 0.15) is 30.5 Å². The van der Waals surface area contributed by atoms with Crippen LogP contribution in [-0.2, 0) is 19.1 Å². The van der Waals surface area contributed by atoms with E-state index in [0.29, 0.717) is 18.8 Å². The summed E-state index contributed by atoms with van der Waals surface area (Å²) in [5.74, 6) is -1.69. The molecule has 4 aliphatic carbocycles. The molecule has 0 unspecified atom stereocenters. The van der Waals surface area contributed by atoms with Gasteiger partial charge in [0, 0.05) is 5.41 Å². The lowest BCUT2D eigenvalue weighted by Gasteiger charge is -2.62. The topological polar surface area (TPSA) is 194 Å². The number of hydrogen-bond donors (Lipinski definition) is 7. The van der Waals surface area contributed by atoms with Crippen molar-refractivity contribution in [3.05, 3.63) is 0 Å². The molecule has 14 atom stereocenters. The van der Waals surface area contributed by atoms with Crippen molar-refractivity contribution in [3.63, 3.8) is 0 Å². The molecule has 0 bridgehead atoms. The first-order chi connectivity index (χ1) is 17.7. The van der Waals surface area contributed by atoms with Crippen LogP contribution in [0.15, 0.2) is 0 Å². The zero-order valence-corrected chi connectivity index (χ0v) is 22.0. The molecule has 7 N–H and O–H groups in total. The molecule has 216 valence electrons. The van der Waals surface area contributed by atoms with Crippen molar-refractivity contribution in [3.8, 4) is 0 Å². The summed E-state index contributed by atoms with van der Waals surface area (Å²) in [5.41, 5.74) is -2.80. The van der Waals surface area contributed by atoms with Crippen molar-refractivity contribution in [2.75, 3.05) is 6.61 Å². The van der Waals surface area contributed by atoms with E-state index in [1.807, 2.05) is 6.92 Å². The number of rotatable bonds is 5. The van der Waals surface area contributed by atoms with Gasteiger partial charge in [-0.15, -0.1) is 0 Å². The molecular weight excluding hydrogens is 500 g/mol. The van der Waals surface area contributed by atoms with Crippen molar-refractivity contribution >= 4 is 11.8 Å². The van der Waals surface area contributed by atoms with Gasteiger partial charge < -0.3 is 45.2 Å². The minimum absolute atomic E-state index is 0.0133. The monoisotopic (exact) mass is 542 g/mol. The summed E-state index contributed by atoms with van der Waals surface area (Å²) < 4.78 is 10.5. The maximum Gasteiger partial charge on any atom is 0.335 e. The molecule has 5 rings (SSSR count). The summed E-state index contributed by atoms with van der Waals surface area (Å²) in [6.45, 7) is 3.39. The first-order valence-corrected chi connectivity index (χ1v) is 13.9. The molecule has 1 saturated heterocycles. The molecular formula is C27H42O11. The average molecular weight is 543 g/mol. The van der Waals surface area contributed by atoms with Crippen molar-refractivity contribution in [1.29, 1.82) is 0 Å². The average Bonchev–Trinajstić information content (AvgIpc) is 3.13. The van der Waals surface area contributed by atoms with Gasteiger partial charge in [-0.1, -0.05) is 13.8 Å². The fourth-order valence-electron chi connectivity index (χ4n) is 9.29. The van der Waals surface area contributed by atoms with Crippen LogP contribution in [0.3, 0.4) is 0 Å². The smallest absolute Gasteiger partial charge is 0.335 e. The van der Waals surface area contributed by atoms with Crippen molar-refractivity contribution in [2.45, 2.75) is 114 Å². The van der Waals surface area contributed by atoms with Crippen LogP contribution in [0.5, 0.6) is 0 Å². The van der Waals surface area contributed by atoms with E-state index in [9.17, 15) is 45.3 Å². The highest BCUT2D eigenvalue weighted by atomic mass is 16.7. The lowest BCUT2D eigenvalue weighted by atomic mass is 9.43. The Hall–Kier alpha value is -1.18. The number of fused-ring (bicyclic) bond motifs is 5. The zero-order valence-electron chi connectivity index (χ0n) is 22.0. The highest BCUT2D eigenvalue weighted by Crippen LogP contribution is 2.68. The van der Waals surface area contributed by atoms with E-state index >= 15 is 0 Å². The molecule has 11 nitrogen and oxygen atoms in total. The predicted molar refractivity (Wildman–Crippen MR) is 129 cm³/mol. The Morgan fingerprint density at radius 1 is 0.947 bits per heavy atom. The second-order valence-corrected chi connectivity index (χ2v) is 13.1. The molecule has 38 heavy (non-hydrogen) atoms. The second kappa shape index (κ2) is 9.73. The number of aliphatic carboxylic acids is 1. The summed E-state index contributed by atoms with van der Waals surface area (Å²) in [7, 11) is 0. The zero-order chi connectivity index (χ0) is 27.8. The Balaban J connectivity index is 1.32. The lowest BCUT2D eigenvalue weighted by molar-refractivity contribution is -0.293. The third kappa shape index (κ3) is 4.08. The van der Waals surface area contributed by atoms with Crippen LogP contribution < -0.4 is 0 Å². The Morgan fingerprint density at radius 3 is 2.34 bits per heavy atom. The number of carboxylic acids is 1. The van der Waals surface area contributed by atoms with Crippen LogP contribution in [0.25, 0.3) is 0 Å². The number of ether oxygens (including phenoxy) is 2. The van der Waals surface area contributed by atoms with E-state index in [1.54, 1.807) is 0 Å². The molecule has 0 radical (unpaired) electrons. The van der Waals surface area contributed by atoms with Gasteiger partial charge >= 0.3 is 5.97 Å². The van der Waals surface area contributed by atoms with Gasteiger partial charge in [0.25, 0.3) is 0 Å². The number of carbonyl (C=O) groups is 2. The fraction of sp³-hybridized carbons (Fsp3) is 0.926. The maximum atomic E-state index is 13.5. The number of ketones is 1. The van der Waals surface area contributed by atoms with Gasteiger partial charge in [-0.2, -0.15) is 0 Å². The number of carboxylic acid groups (broad SMARTS) is 1. The normalized spacial score (nSPS) is 54.5. The summed E-state index contributed by atoms with van der Waals surface area (Å²) >= 11 is 0. The Labute approximate surface area is 221 Å². The van der Waals surface area contributed by atoms with Crippen LogP contribution in [0.4, 0.5) is 0 Å². The third-order valence-electron chi connectivity index (χ3n) is 11.4. The lowest BCUT2D eigenvalue weighted by Crippen LogP contribution is -2.63.